The lowest BCUT2D eigenvalue weighted by atomic mass is 10.2. The Labute approximate surface area is 225 Å². The van der Waals surface area contributed by atoms with Gasteiger partial charge in [-0.2, -0.15) is 13.2 Å². The van der Waals surface area contributed by atoms with Crippen molar-refractivity contribution in [3.63, 3.8) is 0 Å². The average Bonchev–Trinajstić information content (AvgIpc) is 3.32. The van der Waals surface area contributed by atoms with Crippen molar-refractivity contribution in [2.24, 2.45) is 0 Å². The fourth-order valence-corrected chi connectivity index (χ4v) is 4.51. The van der Waals surface area contributed by atoms with E-state index in [0.717, 1.165) is 35.1 Å². The first-order valence-electron chi connectivity index (χ1n) is 11.3. The number of hydrogen-bond donors (Lipinski definition) is 1. The molecule has 0 unspecified atom stereocenters. The smallest absolute Gasteiger partial charge is 0.417 e. The SMILES string of the molecule is CCOc1ccc(-n2c(SCC(=O)Nc3ccc(Cl)c(C(F)(F)F)c3)nnc2-c2ccc(OC)cc2)cc1. The highest BCUT2D eigenvalue weighted by Crippen LogP contribution is 2.36. The Morgan fingerprint density at radius 3 is 2.34 bits per heavy atom. The molecule has 12 heteroatoms. The van der Waals surface area contributed by atoms with Gasteiger partial charge in [0.2, 0.25) is 5.91 Å². The molecule has 4 rings (SSSR count). The number of benzene rings is 3. The van der Waals surface area contributed by atoms with Gasteiger partial charge in [0.05, 0.1) is 30.1 Å². The molecule has 0 fully saturated rings. The van der Waals surface area contributed by atoms with E-state index in [1.165, 1.54) is 6.07 Å². The number of methoxy groups -OCH3 is 1. The quantitative estimate of drug-likeness (QED) is 0.228. The Balaban J connectivity index is 1.58. The highest BCUT2D eigenvalue weighted by atomic mass is 35.5. The van der Waals surface area contributed by atoms with E-state index in [2.05, 4.69) is 15.5 Å². The van der Waals surface area contributed by atoms with Crippen LogP contribution in [0.3, 0.4) is 0 Å². The van der Waals surface area contributed by atoms with Crippen LogP contribution in [-0.4, -0.2) is 40.1 Å². The van der Waals surface area contributed by atoms with Crippen LogP contribution >= 0.6 is 23.4 Å². The zero-order chi connectivity index (χ0) is 27.3. The van der Waals surface area contributed by atoms with Crippen LogP contribution in [-0.2, 0) is 11.0 Å². The largest absolute Gasteiger partial charge is 0.497 e. The summed E-state index contributed by atoms with van der Waals surface area (Å²) in [6.07, 6.45) is -4.64. The topological polar surface area (TPSA) is 78.3 Å². The first-order valence-corrected chi connectivity index (χ1v) is 12.7. The third kappa shape index (κ3) is 6.40. The fraction of sp³-hybridized carbons (Fsp3) is 0.192. The van der Waals surface area contributed by atoms with Crippen molar-refractivity contribution >= 4 is 35.0 Å². The van der Waals surface area contributed by atoms with Crippen molar-refractivity contribution in [2.75, 3.05) is 24.8 Å². The van der Waals surface area contributed by atoms with Crippen molar-refractivity contribution in [3.05, 3.63) is 77.3 Å². The first kappa shape index (κ1) is 27.3. The van der Waals surface area contributed by atoms with Gasteiger partial charge in [0, 0.05) is 16.9 Å². The molecule has 0 aliphatic rings. The number of hydrogen-bond acceptors (Lipinski definition) is 6. The molecule has 0 saturated carbocycles. The Bertz CT molecular complexity index is 1410. The Hall–Kier alpha value is -3.70. The minimum Gasteiger partial charge on any atom is -0.497 e. The lowest BCUT2D eigenvalue weighted by Gasteiger charge is -2.13. The summed E-state index contributed by atoms with van der Waals surface area (Å²) in [5.74, 6) is 1.28. The molecule has 0 radical (unpaired) electrons. The van der Waals surface area contributed by atoms with Gasteiger partial charge in [-0.3, -0.25) is 9.36 Å². The summed E-state index contributed by atoms with van der Waals surface area (Å²) in [7, 11) is 1.57. The van der Waals surface area contributed by atoms with E-state index in [1.54, 1.807) is 23.8 Å². The second-order valence-electron chi connectivity index (χ2n) is 7.83. The first-order chi connectivity index (χ1) is 18.2. The number of carbonyl (C=O) groups is 1. The number of nitrogens with zero attached hydrogens (tertiary/aromatic N) is 3. The molecule has 1 N–H and O–H groups in total. The van der Waals surface area contributed by atoms with E-state index in [1.807, 2.05) is 43.3 Å². The molecule has 0 bridgehead atoms. The second kappa shape index (κ2) is 11.8. The highest BCUT2D eigenvalue weighted by Gasteiger charge is 2.33. The molecule has 198 valence electrons. The molecule has 0 spiro atoms. The van der Waals surface area contributed by atoms with E-state index in [0.29, 0.717) is 29.1 Å². The Kier molecular flexibility index (Phi) is 8.48. The number of carbonyl (C=O) groups excluding carboxylic acids is 1. The summed E-state index contributed by atoms with van der Waals surface area (Å²) in [6, 6.07) is 17.8. The van der Waals surface area contributed by atoms with Gasteiger partial charge in [0.1, 0.15) is 11.5 Å². The van der Waals surface area contributed by atoms with Crippen molar-refractivity contribution in [1.29, 1.82) is 0 Å². The second-order valence-corrected chi connectivity index (χ2v) is 9.18. The Morgan fingerprint density at radius 1 is 1.03 bits per heavy atom. The lowest BCUT2D eigenvalue weighted by Crippen LogP contribution is -2.15. The third-order valence-electron chi connectivity index (χ3n) is 5.28. The molecule has 0 atom stereocenters. The number of halogens is 4. The number of ether oxygens (including phenoxy) is 2. The Morgan fingerprint density at radius 2 is 1.71 bits per heavy atom. The molecule has 4 aromatic rings. The molecule has 3 aromatic carbocycles. The summed E-state index contributed by atoms with van der Waals surface area (Å²) in [5, 5.41) is 11.1. The zero-order valence-corrected chi connectivity index (χ0v) is 21.8. The van der Waals surface area contributed by atoms with E-state index < -0.39 is 22.7 Å². The van der Waals surface area contributed by atoms with E-state index in [4.69, 9.17) is 21.1 Å². The van der Waals surface area contributed by atoms with Crippen molar-refractivity contribution in [3.8, 4) is 28.6 Å². The van der Waals surface area contributed by atoms with Crippen LogP contribution in [0.2, 0.25) is 5.02 Å². The third-order valence-corrected chi connectivity index (χ3v) is 6.53. The van der Waals surface area contributed by atoms with Gasteiger partial charge in [0.25, 0.3) is 0 Å². The lowest BCUT2D eigenvalue weighted by molar-refractivity contribution is -0.137. The average molecular weight is 563 g/mol. The zero-order valence-electron chi connectivity index (χ0n) is 20.3. The number of nitrogens with one attached hydrogen (secondary N) is 1. The standard InChI is InChI=1S/C26H22ClF3N4O3S/c1-3-37-20-11-7-18(8-12-20)34-24(16-4-9-19(36-2)10-5-16)32-33-25(34)38-15-23(35)31-17-6-13-22(27)21(14-17)26(28,29)30/h4-14H,3,15H2,1-2H3,(H,31,35). The van der Waals surface area contributed by atoms with Crippen LogP contribution in [0.1, 0.15) is 12.5 Å². The fourth-order valence-electron chi connectivity index (χ4n) is 3.53. The minimum atomic E-state index is -4.64. The number of alkyl halides is 3. The molecule has 1 aromatic heterocycles. The van der Waals surface area contributed by atoms with Crippen LogP contribution in [0.4, 0.5) is 18.9 Å². The van der Waals surface area contributed by atoms with Crippen LogP contribution < -0.4 is 14.8 Å². The summed E-state index contributed by atoms with van der Waals surface area (Å²) >= 11 is 6.75. The van der Waals surface area contributed by atoms with Gasteiger partial charge in [-0.05, 0) is 73.7 Å². The molecular weight excluding hydrogens is 541 g/mol. The van der Waals surface area contributed by atoms with Gasteiger partial charge < -0.3 is 14.8 Å². The van der Waals surface area contributed by atoms with Crippen LogP contribution in [0.15, 0.2) is 71.9 Å². The van der Waals surface area contributed by atoms with Gasteiger partial charge in [0.15, 0.2) is 11.0 Å². The van der Waals surface area contributed by atoms with Gasteiger partial charge >= 0.3 is 6.18 Å². The summed E-state index contributed by atoms with van der Waals surface area (Å²) in [6.45, 7) is 2.42. The normalized spacial score (nSPS) is 11.3. The number of thioether (sulfide) groups is 1. The van der Waals surface area contributed by atoms with Gasteiger partial charge in [-0.25, -0.2) is 0 Å². The van der Waals surface area contributed by atoms with Crippen molar-refractivity contribution in [1.82, 2.24) is 14.8 Å². The predicted molar refractivity (Wildman–Crippen MR) is 140 cm³/mol. The highest BCUT2D eigenvalue weighted by molar-refractivity contribution is 7.99. The molecule has 38 heavy (non-hydrogen) atoms. The van der Waals surface area contributed by atoms with Gasteiger partial charge in [-0.15, -0.1) is 10.2 Å². The maximum absolute atomic E-state index is 13.2. The molecule has 1 amide bonds. The van der Waals surface area contributed by atoms with Gasteiger partial charge in [-0.1, -0.05) is 23.4 Å². The van der Waals surface area contributed by atoms with Crippen LogP contribution in [0.25, 0.3) is 17.1 Å². The van der Waals surface area contributed by atoms with Crippen molar-refractivity contribution in [2.45, 2.75) is 18.3 Å². The van der Waals surface area contributed by atoms with E-state index in [-0.39, 0.29) is 11.4 Å². The molecule has 7 nitrogen and oxygen atoms in total. The number of anilines is 1. The number of amides is 1. The number of aromatic nitrogens is 3. The van der Waals surface area contributed by atoms with Crippen LogP contribution in [0.5, 0.6) is 11.5 Å². The predicted octanol–water partition coefficient (Wildman–Crippen LogP) is 6.74. The molecule has 0 saturated heterocycles. The van der Waals surface area contributed by atoms with Crippen molar-refractivity contribution < 1.29 is 27.4 Å². The summed E-state index contributed by atoms with van der Waals surface area (Å²) in [5.41, 5.74) is 0.465. The summed E-state index contributed by atoms with van der Waals surface area (Å²) in [4.78, 5) is 12.6. The summed E-state index contributed by atoms with van der Waals surface area (Å²) < 4.78 is 52.0. The molecule has 0 aliphatic heterocycles. The monoisotopic (exact) mass is 562 g/mol. The van der Waals surface area contributed by atoms with Crippen LogP contribution in [0, 0.1) is 0 Å². The van der Waals surface area contributed by atoms with E-state index >= 15 is 0 Å². The maximum atomic E-state index is 13.2. The van der Waals surface area contributed by atoms with E-state index in [9.17, 15) is 18.0 Å². The maximum Gasteiger partial charge on any atom is 0.417 e. The number of rotatable bonds is 9. The molecule has 0 aliphatic carbocycles. The molecular formula is C26H22ClF3N4O3S. The molecule has 1 heterocycles. The minimum absolute atomic E-state index is 0.0146.